The summed E-state index contributed by atoms with van der Waals surface area (Å²) in [5, 5.41) is 15.2. The number of nitrogens with one attached hydrogen (secondary N) is 1. The highest BCUT2D eigenvalue weighted by molar-refractivity contribution is 7.12. The van der Waals surface area contributed by atoms with Crippen LogP contribution in [0.4, 0.5) is 11.4 Å². The highest BCUT2D eigenvalue weighted by Crippen LogP contribution is 2.25. The van der Waals surface area contributed by atoms with E-state index in [4.69, 9.17) is 4.74 Å². The second-order valence-corrected chi connectivity index (χ2v) is 7.42. The maximum atomic E-state index is 12.6. The third-order valence-corrected chi connectivity index (χ3v) is 5.40. The topological polar surface area (TPSA) is 119 Å². The number of hydrogen-bond donors (Lipinski definition) is 1. The number of nitro groups is 1. The van der Waals surface area contributed by atoms with Crippen LogP contribution < -0.4 is 5.32 Å². The average Bonchev–Trinajstić information content (AvgIpc) is 3.39. The molecule has 2 heterocycles. The molecule has 0 bridgehead atoms. The van der Waals surface area contributed by atoms with Crippen molar-refractivity contribution in [2.24, 2.45) is 0 Å². The molecule has 1 fully saturated rings. The number of thiophene rings is 1. The first-order valence-corrected chi connectivity index (χ1v) is 9.85. The average molecular weight is 417 g/mol. The second-order valence-electron chi connectivity index (χ2n) is 6.48. The minimum atomic E-state index is -1.18. The van der Waals surface area contributed by atoms with Gasteiger partial charge in [0.1, 0.15) is 11.7 Å². The first-order chi connectivity index (χ1) is 13.9. The van der Waals surface area contributed by atoms with Crippen LogP contribution in [0.3, 0.4) is 0 Å². The molecule has 0 unspecified atom stereocenters. The number of benzene rings is 1. The quantitative estimate of drug-likeness (QED) is 0.439. The fraction of sp³-hybridized carbons (Fsp3) is 0.316. The normalized spacial score (nSPS) is 16.9. The van der Waals surface area contributed by atoms with Crippen LogP contribution >= 0.6 is 11.3 Å². The van der Waals surface area contributed by atoms with Crippen LogP contribution in [-0.2, 0) is 14.3 Å². The predicted molar refractivity (Wildman–Crippen MR) is 106 cm³/mol. The van der Waals surface area contributed by atoms with Gasteiger partial charge in [-0.2, -0.15) is 0 Å². The summed E-state index contributed by atoms with van der Waals surface area (Å²) in [5.41, 5.74) is -0.247. The van der Waals surface area contributed by atoms with E-state index in [1.807, 2.05) is 0 Å². The lowest BCUT2D eigenvalue weighted by Gasteiger charge is -2.24. The molecule has 2 amide bonds. The van der Waals surface area contributed by atoms with Gasteiger partial charge in [0.15, 0.2) is 6.10 Å². The maximum absolute atomic E-state index is 12.6. The van der Waals surface area contributed by atoms with Crippen molar-refractivity contribution in [3.63, 3.8) is 0 Å². The number of anilines is 1. The Balaban J connectivity index is 1.63. The van der Waals surface area contributed by atoms with E-state index in [2.05, 4.69) is 5.32 Å². The smallest absolute Gasteiger partial charge is 0.329 e. The van der Waals surface area contributed by atoms with E-state index in [1.165, 1.54) is 41.4 Å². The van der Waals surface area contributed by atoms with Gasteiger partial charge in [-0.3, -0.25) is 19.7 Å². The van der Waals surface area contributed by atoms with E-state index in [9.17, 15) is 24.5 Å². The van der Waals surface area contributed by atoms with E-state index in [0.29, 0.717) is 24.3 Å². The lowest BCUT2D eigenvalue weighted by Crippen LogP contribution is -2.43. The number of esters is 1. The minimum absolute atomic E-state index is 0.0146. The Morgan fingerprint density at radius 1 is 1.28 bits per heavy atom. The Morgan fingerprint density at radius 3 is 2.72 bits per heavy atom. The van der Waals surface area contributed by atoms with Gasteiger partial charge in [0.2, 0.25) is 0 Å². The molecule has 0 saturated carbocycles. The second kappa shape index (κ2) is 8.82. The van der Waals surface area contributed by atoms with Gasteiger partial charge in [-0.05, 0) is 37.3 Å². The van der Waals surface area contributed by atoms with Crippen molar-refractivity contribution in [2.45, 2.75) is 31.9 Å². The number of carbonyl (C=O) groups excluding carboxylic acids is 3. The molecule has 0 radical (unpaired) electrons. The fourth-order valence-corrected chi connectivity index (χ4v) is 3.75. The van der Waals surface area contributed by atoms with Crippen LogP contribution in [0.15, 0.2) is 41.8 Å². The summed E-state index contributed by atoms with van der Waals surface area (Å²) in [4.78, 5) is 49.9. The number of nitrogens with zero attached hydrogens (tertiary/aromatic N) is 2. The van der Waals surface area contributed by atoms with Crippen molar-refractivity contribution in [1.29, 1.82) is 0 Å². The molecular weight excluding hydrogens is 398 g/mol. The molecule has 1 saturated heterocycles. The number of amides is 2. The zero-order valence-electron chi connectivity index (χ0n) is 15.6. The minimum Gasteiger partial charge on any atom is -0.451 e. The van der Waals surface area contributed by atoms with Gasteiger partial charge < -0.3 is 15.0 Å². The van der Waals surface area contributed by atoms with Gasteiger partial charge in [0.25, 0.3) is 17.5 Å². The first kappa shape index (κ1) is 20.5. The number of para-hydroxylation sites is 2. The Kier molecular flexibility index (Phi) is 6.23. The molecule has 152 valence electrons. The molecule has 1 aromatic carbocycles. The van der Waals surface area contributed by atoms with E-state index in [-0.39, 0.29) is 17.3 Å². The van der Waals surface area contributed by atoms with Crippen molar-refractivity contribution >= 4 is 40.5 Å². The SMILES string of the molecule is C[C@@H](OC(=O)[C@@H]1CCCN1C(=O)c1cccs1)C(=O)Nc1ccccc1[N+](=O)[O-]. The molecule has 0 spiro atoms. The Morgan fingerprint density at radius 2 is 2.03 bits per heavy atom. The zero-order valence-corrected chi connectivity index (χ0v) is 16.4. The van der Waals surface area contributed by atoms with Crippen LogP contribution in [0, 0.1) is 10.1 Å². The number of rotatable bonds is 6. The molecule has 1 N–H and O–H groups in total. The fourth-order valence-electron chi connectivity index (χ4n) is 3.08. The maximum Gasteiger partial charge on any atom is 0.329 e. The third-order valence-electron chi connectivity index (χ3n) is 4.54. The van der Waals surface area contributed by atoms with Gasteiger partial charge in [-0.1, -0.05) is 18.2 Å². The number of ether oxygens (including phenoxy) is 1. The monoisotopic (exact) mass is 417 g/mol. The van der Waals surface area contributed by atoms with E-state index < -0.39 is 28.9 Å². The molecule has 2 atom stereocenters. The summed E-state index contributed by atoms with van der Waals surface area (Å²) in [5.74, 6) is -1.60. The summed E-state index contributed by atoms with van der Waals surface area (Å²) < 4.78 is 5.26. The standard InChI is InChI=1S/C19H19N3O6S/c1-12(17(23)20-13-6-2-3-7-14(13)22(26)27)28-19(25)15-8-4-10-21(15)18(24)16-9-5-11-29-16/h2-3,5-7,9,11-12,15H,4,8,10H2,1H3,(H,20,23)/t12-,15+/m1/s1. The Bertz CT molecular complexity index is 930. The van der Waals surface area contributed by atoms with Crippen molar-refractivity contribution in [3.8, 4) is 0 Å². The Hall–Kier alpha value is -3.27. The zero-order chi connectivity index (χ0) is 21.0. The van der Waals surface area contributed by atoms with Gasteiger partial charge in [0.05, 0.1) is 9.80 Å². The van der Waals surface area contributed by atoms with Gasteiger partial charge in [-0.25, -0.2) is 4.79 Å². The highest BCUT2D eigenvalue weighted by Gasteiger charge is 2.37. The van der Waals surface area contributed by atoms with Gasteiger partial charge >= 0.3 is 5.97 Å². The van der Waals surface area contributed by atoms with Crippen LogP contribution in [-0.4, -0.2) is 46.3 Å². The molecule has 1 aromatic heterocycles. The summed E-state index contributed by atoms with van der Waals surface area (Å²) in [6.07, 6.45) is -0.0659. The predicted octanol–water partition coefficient (Wildman–Crippen LogP) is 2.83. The van der Waals surface area contributed by atoms with E-state index in [1.54, 1.807) is 23.6 Å². The summed E-state index contributed by atoms with van der Waals surface area (Å²) in [6, 6.07) is 8.38. The van der Waals surface area contributed by atoms with Crippen LogP contribution in [0.1, 0.15) is 29.4 Å². The Labute approximate surface area is 170 Å². The van der Waals surface area contributed by atoms with Gasteiger partial charge in [-0.15, -0.1) is 11.3 Å². The number of likely N-dealkylation sites (tertiary alicyclic amines) is 1. The van der Waals surface area contributed by atoms with E-state index in [0.717, 1.165) is 0 Å². The lowest BCUT2D eigenvalue weighted by atomic mass is 10.2. The summed E-state index contributed by atoms with van der Waals surface area (Å²) in [7, 11) is 0. The molecule has 0 aliphatic carbocycles. The van der Waals surface area contributed by atoms with Crippen molar-refractivity contribution in [1.82, 2.24) is 4.90 Å². The number of nitro benzene ring substituents is 1. The van der Waals surface area contributed by atoms with E-state index >= 15 is 0 Å². The first-order valence-electron chi connectivity index (χ1n) is 8.97. The van der Waals surface area contributed by atoms with Gasteiger partial charge in [0, 0.05) is 12.6 Å². The van der Waals surface area contributed by atoms with Crippen molar-refractivity contribution in [3.05, 3.63) is 56.8 Å². The molecule has 2 aromatic rings. The highest BCUT2D eigenvalue weighted by atomic mass is 32.1. The number of carbonyl (C=O) groups is 3. The molecular formula is C19H19N3O6S. The summed E-state index contributed by atoms with van der Waals surface area (Å²) in [6.45, 7) is 1.82. The molecule has 9 nitrogen and oxygen atoms in total. The number of hydrogen-bond acceptors (Lipinski definition) is 7. The molecule has 3 rings (SSSR count). The van der Waals surface area contributed by atoms with Crippen molar-refractivity contribution in [2.75, 3.05) is 11.9 Å². The van der Waals surface area contributed by atoms with Crippen LogP contribution in [0.5, 0.6) is 0 Å². The van der Waals surface area contributed by atoms with Crippen LogP contribution in [0.2, 0.25) is 0 Å². The molecule has 1 aliphatic rings. The van der Waals surface area contributed by atoms with Crippen molar-refractivity contribution < 1.29 is 24.0 Å². The molecule has 29 heavy (non-hydrogen) atoms. The molecule has 1 aliphatic heterocycles. The third kappa shape index (κ3) is 4.60. The lowest BCUT2D eigenvalue weighted by molar-refractivity contribution is -0.383. The largest absolute Gasteiger partial charge is 0.451 e. The molecule has 10 heteroatoms. The summed E-state index contributed by atoms with van der Waals surface area (Å²) >= 11 is 1.29. The van der Waals surface area contributed by atoms with Crippen LogP contribution in [0.25, 0.3) is 0 Å².